The zero-order chi connectivity index (χ0) is 14.9. The number of hydrogen-bond donors (Lipinski definition) is 2. The number of imidazole rings is 1. The molecule has 2 aromatic rings. The van der Waals surface area contributed by atoms with Crippen molar-refractivity contribution >= 4 is 23.0 Å². The standard InChI is InChI=1S/C14H19N3O3/c1-14(2,19)8-17-11-6-5-9(12(18)20-4)7-10(11)16-13(17)15-3/h5-7,19H,8H2,1-4H3,(H,15,16). The molecule has 0 saturated carbocycles. The Morgan fingerprint density at radius 2 is 2.20 bits per heavy atom. The number of carbonyl (C=O) groups excluding carboxylic acids is 1. The predicted octanol–water partition coefficient (Wildman–Crippen LogP) is 1.64. The molecule has 0 aliphatic carbocycles. The van der Waals surface area contributed by atoms with Crippen LogP contribution in [0.15, 0.2) is 18.2 Å². The van der Waals surface area contributed by atoms with Gasteiger partial charge in [0.25, 0.3) is 0 Å². The van der Waals surface area contributed by atoms with Gasteiger partial charge >= 0.3 is 5.97 Å². The summed E-state index contributed by atoms with van der Waals surface area (Å²) in [7, 11) is 3.11. The maximum absolute atomic E-state index is 11.5. The first-order chi connectivity index (χ1) is 9.35. The van der Waals surface area contributed by atoms with Crippen molar-refractivity contribution in [3.8, 4) is 0 Å². The fourth-order valence-electron chi connectivity index (χ4n) is 2.11. The summed E-state index contributed by atoms with van der Waals surface area (Å²) in [5.41, 5.74) is 1.13. The lowest BCUT2D eigenvalue weighted by Crippen LogP contribution is -2.26. The number of nitrogens with one attached hydrogen (secondary N) is 1. The Morgan fingerprint density at radius 3 is 2.75 bits per heavy atom. The Hall–Kier alpha value is -2.08. The highest BCUT2D eigenvalue weighted by Gasteiger charge is 2.19. The van der Waals surface area contributed by atoms with Gasteiger partial charge in [0.1, 0.15) is 0 Å². The molecule has 0 saturated heterocycles. The minimum Gasteiger partial charge on any atom is -0.465 e. The third-order valence-corrected chi connectivity index (χ3v) is 2.94. The number of methoxy groups -OCH3 is 1. The molecule has 0 aliphatic heterocycles. The monoisotopic (exact) mass is 277 g/mol. The number of nitrogens with zero attached hydrogens (tertiary/aromatic N) is 2. The van der Waals surface area contributed by atoms with Crippen molar-refractivity contribution in [2.45, 2.75) is 26.0 Å². The minimum absolute atomic E-state index is 0.394. The molecule has 108 valence electrons. The molecule has 6 nitrogen and oxygen atoms in total. The van der Waals surface area contributed by atoms with Crippen LogP contribution < -0.4 is 5.32 Å². The molecule has 0 radical (unpaired) electrons. The van der Waals surface area contributed by atoms with Gasteiger partial charge in [0, 0.05) is 7.05 Å². The van der Waals surface area contributed by atoms with Crippen LogP contribution in [0, 0.1) is 0 Å². The van der Waals surface area contributed by atoms with Crippen molar-refractivity contribution in [2.75, 3.05) is 19.5 Å². The number of carbonyl (C=O) groups is 1. The van der Waals surface area contributed by atoms with Crippen LogP contribution in [0.5, 0.6) is 0 Å². The van der Waals surface area contributed by atoms with E-state index in [9.17, 15) is 9.90 Å². The second-order valence-corrected chi connectivity index (χ2v) is 5.28. The van der Waals surface area contributed by atoms with Crippen LogP contribution in [-0.4, -0.2) is 40.4 Å². The van der Waals surface area contributed by atoms with Crippen molar-refractivity contribution in [3.63, 3.8) is 0 Å². The number of hydrogen-bond acceptors (Lipinski definition) is 5. The average Bonchev–Trinajstić information content (AvgIpc) is 2.73. The predicted molar refractivity (Wildman–Crippen MR) is 76.9 cm³/mol. The largest absolute Gasteiger partial charge is 0.465 e. The molecule has 0 aliphatic rings. The molecule has 2 N–H and O–H groups in total. The number of anilines is 1. The molecular formula is C14H19N3O3. The first-order valence-corrected chi connectivity index (χ1v) is 6.34. The fraction of sp³-hybridized carbons (Fsp3) is 0.429. The lowest BCUT2D eigenvalue weighted by molar-refractivity contribution is 0.0598. The average molecular weight is 277 g/mol. The summed E-state index contributed by atoms with van der Waals surface area (Å²) in [6.07, 6.45) is 0. The van der Waals surface area contributed by atoms with E-state index in [0.29, 0.717) is 23.6 Å². The van der Waals surface area contributed by atoms with Gasteiger partial charge in [-0.15, -0.1) is 0 Å². The van der Waals surface area contributed by atoms with Crippen molar-refractivity contribution in [3.05, 3.63) is 23.8 Å². The van der Waals surface area contributed by atoms with Gasteiger partial charge in [-0.2, -0.15) is 0 Å². The highest BCUT2D eigenvalue weighted by Crippen LogP contribution is 2.23. The summed E-state index contributed by atoms with van der Waals surface area (Å²) in [4.78, 5) is 16.0. The van der Waals surface area contributed by atoms with E-state index in [1.54, 1.807) is 39.1 Å². The van der Waals surface area contributed by atoms with Crippen LogP contribution in [0.2, 0.25) is 0 Å². The van der Waals surface area contributed by atoms with Crippen LogP contribution in [0.1, 0.15) is 24.2 Å². The van der Waals surface area contributed by atoms with Crippen molar-refractivity contribution in [1.29, 1.82) is 0 Å². The number of benzene rings is 1. The van der Waals surface area contributed by atoms with Crippen molar-refractivity contribution in [2.24, 2.45) is 0 Å². The Bertz CT molecular complexity index is 641. The summed E-state index contributed by atoms with van der Waals surface area (Å²) >= 11 is 0. The maximum atomic E-state index is 11.5. The van der Waals surface area contributed by atoms with Gasteiger partial charge in [0.05, 0.1) is 35.9 Å². The molecule has 2 rings (SSSR count). The SMILES string of the molecule is CNc1nc2cc(C(=O)OC)ccc2n1CC(C)(C)O. The van der Waals surface area contributed by atoms with Gasteiger partial charge in [0.2, 0.25) is 5.95 Å². The van der Waals surface area contributed by atoms with Crippen LogP contribution >= 0.6 is 0 Å². The summed E-state index contributed by atoms with van der Waals surface area (Å²) in [6.45, 7) is 3.87. The molecule has 20 heavy (non-hydrogen) atoms. The number of aromatic nitrogens is 2. The van der Waals surface area contributed by atoms with Crippen LogP contribution in [0.4, 0.5) is 5.95 Å². The molecule has 0 bridgehead atoms. The third kappa shape index (κ3) is 2.75. The quantitative estimate of drug-likeness (QED) is 0.831. The number of aliphatic hydroxyl groups is 1. The van der Waals surface area contributed by atoms with E-state index in [1.807, 2.05) is 4.57 Å². The van der Waals surface area contributed by atoms with Gasteiger partial charge in [-0.3, -0.25) is 0 Å². The molecule has 1 heterocycles. The highest BCUT2D eigenvalue weighted by atomic mass is 16.5. The molecule has 1 aromatic carbocycles. The van der Waals surface area contributed by atoms with E-state index in [1.165, 1.54) is 7.11 Å². The summed E-state index contributed by atoms with van der Waals surface area (Å²) in [6, 6.07) is 5.18. The lowest BCUT2D eigenvalue weighted by atomic mass is 10.1. The topological polar surface area (TPSA) is 76.4 Å². The molecule has 1 aromatic heterocycles. The van der Waals surface area contributed by atoms with Crippen LogP contribution in [0.25, 0.3) is 11.0 Å². The lowest BCUT2D eigenvalue weighted by Gasteiger charge is -2.19. The molecule has 6 heteroatoms. The van der Waals surface area contributed by atoms with Gasteiger partial charge < -0.3 is 19.7 Å². The van der Waals surface area contributed by atoms with E-state index in [-0.39, 0.29) is 0 Å². The molecule has 0 fully saturated rings. The molecule has 0 unspecified atom stereocenters. The highest BCUT2D eigenvalue weighted by molar-refractivity contribution is 5.94. The zero-order valence-electron chi connectivity index (χ0n) is 12.1. The second-order valence-electron chi connectivity index (χ2n) is 5.28. The molecule has 0 spiro atoms. The summed E-state index contributed by atoms with van der Waals surface area (Å²) in [5.74, 6) is 0.249. The summed E-state index contributed by atoms with van der Waals surface area (Å²) in [5, 5.41) is 13.0. The van der Waals surface area contributed by atoms with E-state index in [0.717, 1.165) is 5.52 Å². The number of ether oxygens (including phenoxy) is 1. The van der Waals surface area contributed by atoms with Gasteiger partial charge in [-0.1, -0.05) is 0 Å². The van der Waals surface area contributed by atoms with Crippen LogP contribution in [0.3, 0.4) is 0 Å². The van der Waals surface area contributed by atoms with Crippen molar-refractivity contribution in [1.82, 2.24) is 9.55 Å². The van der Waals surface area contributed by atoms with Gasteiger partial charge in [-0.05, 0) is 32.0 Å². The third-order valence-electron chi connectivity index (χ3n) is 2.94. The molecule has 0 amide bonds. The van der Waals surface area contributed by atoms with E-state index >= 15 is 0 Å². The number of esters is 1. The Labute approximate surface area is 117 Å². The van der Waals surface area contributed by atoms with E-state index in [4.69, 9.17) is 4.74 Å². The number of fused-ring (bicyclic) bond motifs is 1. The maximum Gasteiger partial charge on any atom is 0.337 e. The van der Waals surface area contributed by atoms with Gasteiger partial charge in [0.15, 0.2) is 0 Å². The Morgan fingerprint density at radius 1 is 1.50 bits per heavy atom. The smallest absolute Gasteiger partial charge is 0.337 e. The van der Waals surface area contributed by atoms with E-state index < -0.39 is 11.6 Å². The summed E-state index contributed by atoms with van der Waals surface area (Å²) < 4.78 is 6.59. The first-order valence-electron chi connectivity index (χ1n) is 6.34. The molecular weight excluding hydrogens is 258 g/mol. The fourth-order valence-corrected chi connectivity index (χ4v) is 2.11. The second kappa shape index (κ2) is 5.13. The normalized spacial score (nSPS) is 11.7. The Balaban J connectivity index is 2.55. The van der Waals surface area contributed by atoms with Crippen molar-refractivity contribution < 1.29 is 14.6 Å². The minimum atomic E-state index is -0.861. The van der Waals surface area contributed by atoms with E-state index in [2.05, 4.69) is 10.3 Å². The number of rotatable bonds is 4. The first kappa shape index (κ1) is 14.3. The zero-order valence-corrected chi connectivity index (χ0v) is 12.1. The Kier molecular flexibility index (Phi) is 3.67. The molecule has 0 atom stereocenters. The van der Waals surface area contributed by atoms with Gasteiger partial charge in [-0.25, -0.2) is 9.78 Å². The van der Waals surface area contributed by atoms with Crippen LogP contribution in [-0.2, 0) is 11.3 Å².